The van der Waals surface area contributed by atoms with Crippen molar-refractivity contribution in [2.75, 3.05) is 0 Å². The van der Waals surface area contributed by atoms with Gasteiger partial charge < -0.3 is 5.73 Å². The molecule has 70 valence electrons. The van der Waals surface area contributed by atoms with E-state index in [1.54, 1.807) is 6.08 Å². The number of nitrogens with two attached hydrogens (primary N) is 1. The predicted octanol–water partition coefficient (Wildman–Crippen LogP) is 2.19. The van der Waals surface area contributed by atoms with E-state index in [4.69, 9.17) is 23.2 Å². The molecule has 0 radical (unpaired) electrons. The highest BCUT2D eigenvalue weighted by Crippen LogP contribution is 2.08. The van der Waals surface area contributed by atoms with Crippen LogP contribution in [-0.2, 0) is 0 Å². The lowest BCUT2D eigenvalue weighted by Crippen LogP contribution is -2.09. The minimum Gasteiger partial charge on any atom is -0.389 e. The van der Waals surface area contributed by atoms with Crippen LogP contribution >= 0.6 is 12.2 Å². The first-order valence-electron chi connectivity index (χ1n) is 4.12. The minimum absolute atomic E-state index is 0.132. The molecule has 1 aromatic carbocycles. The van der Waals surface area contributed by atoms with Crippen molar-refractivity contribution in [1.82, 2.24) is 0 Å². The Morgan fingerprint density at radius 1 is 1.43 bits per heavy atom. The van der Waals surface area contributed by atoms with Crippen molar-refractivity contribution in [3.63, 3.8) is 0 Å². The number of aryl methyl sites for hydroxylation is 1. The molecule has 0 aromatic heterocycles. The van der Waals surface area contributed by atoms with E-state index >= 15 is 0 Å². The number of nitrogens with zero attached hydrogens (tertiary/aromatic N) is 1. The van der Waals surface area contributed by atoms with Gasteiger partial charge in [0.2, 0.25) is 0 Å². The van der Waals surface area contributed by atoms with Gasteiger partial charge in [0.05, 0.1) is 5.57 Å². The van der Waals surface area contributed by atoms with Crippen molar-refractivity contribution in [3.05, 3.63) is 41.0 Å². The fourth-order valence-corrected chi connectivity index (χ4v) is 1.09. The molecule has 0 aliphatic carbocycles. The van der Waals surface area contributed by atoms with Crippen LogP contribution in [0.3, 0.4) is 0 Å². The molecule has 2 N–H and O–H groups in total. The highest BCUT2D eigenvalue weighted by Gasteiger charge is 1.98. The number of thiocarbonyl (C=S) groups is 1. The maximum absolute atomic E-state index is 8.73. The molecule has 0 aliphatic heterocycles. The summed E-state index contributed by atoms with van der Waals surface area (Å²) in [6.45, 7) is 2.01. The molecule has 0 fully saturated rings. The molecule has 0 saturated heterocycles. The average molecular weight is 202 g/mol. The largest absolute Gasteiger partial charge is 0.389 e. The molecule has 1 aromatic rings. The Labute approximate surface area is 88.7 Å². The number of rotatable bonds is 2. The molecule has 0 amide bonds. The van der Waals surface area contributed by atoms with Crippen LogP contribution in [0.25, 0.3) is 6.08 Å². The first kappa shape index (κ1) is 10.4. The Balaban J connectivity index is 3.03. The summed E-state index contributed by atoms with van der Waals surface area (Å²) in [5.41, 5.74) is 7.81. The molecule has 14 heavy (non-hydrogen) atoms. The number of benzene rings is 1. The molecule has 0 heterocycles. The van der Waals surface area contributed by atoms with Crippen LogP contribution in [-0.4, -0.2) is 4.99 Å². The van der Waals surface area contributed by atoms with Crippen LogP contribution in [0.15, 0.2) is 29.8 Å². The monoisotopic (exact) mass is 202 g/mol. The third-order valence-electron chi connectivity index (χ3n) is 1.77. The van der Waals surface area contributed by atoms with Gasteiger partial charge in [0.25, 0.3) is 0 Å². The predicted molar refractivity (Wildman–Crippen MR) is 61.6 cm³/mol. The number of hydrogen-bond acceptors (Lipinski definition) is 2. The van der Waals surface area contributed by atoms with Gasteiger partial charge in [-0.1, -0.05) is 42.0 Å². The van der Waals surface area contributed by atoms with E-state index in [2.05, 4.69) is 0 Å². The van der Waals surface area contributed by atoms with E-state index in [-0.39, 0.29) is 4.99 Å². The summed E-state index contributed by atoms with van der Waals surface area (Å²) < 4.78 is 0. The summed E-state index contributed by atoms with van der Waals surface area (Å²) in [6, 6.07) is 9.75. The maximum Gasteiger partial charge on any atom is 0.114 e. The molecule has 0 aliphatic rings. The standard InChI is InChI=1S/C11H10N2S/c1-8-2-4-9(5-3-8)6-10(7-12)11(13)14/h2-6H,1H3,(H2,13,14)/b10-6+. The lowest BCUT2D eigenvalue weighted by molar-refractivity contribution is 1.46. The van der Waals surface area contributed by atoms with Crippen LogP contribution in [0, 0.1) is 18.3 Å². The van der Waals surface area contributed by atoms with Crippen LogP contribution in [0.4, 0.5) is 0 Å². The van der Waals surface area contributed by atoms with Gasteiger partial charge >= 0.3 is 0 Å². The van der Waals surface area contributed by atoms with Gasteiger partial charge in [-0.25, -0.2) is 0 Å². The Bertz CT molecular complexity index is 410. The lowest BCUT2D eigenvalue weighted by Gasteiger charge is -1.96. The van der Waals surface area contributed by atoms with Crippen molar-refractivity contribution >= 4 is 23.3 Å². The van der Waals surface area contributed by atoms with Crippen LogP contribution in [0.2, 0.25) is 0 Å². The molecule has 2 nitrogen and oxygen atoms in total. The zero-order valence-electron chi connectivity index (χ0n) is 7.82. The highest BCUT2D eigenvalue weighted by molar-refractivity contribution is 7.80. The Hall–Kier alpha value is -1.66. The Morgan fingerprint density at radius 3 is 2.43 bits per heavy atom. The van der Waals surface area contributed by atoms with E-state index < -0.39 is 0 Å². The SMILES string of the molecule is Cc1ccc(/C=C(\C#N)C(N)=S)cc1. The fourth-order valence-electron chi connectivity index (χ4n) is 0.988. The molecule has 0 atom stereocenters. The summed E-state index contributed by atoms with van der Waals surface area (Å²) in [7, 11) is 0. The zero-order chi connectivity index (χ0) is 10.6. The topological polar surface area (TPSA) is 49.8 Å². The summed E-state index contributed by atoms with van der Waals surface area (Å²) in [5.74, 6) is 0. The molecule has 3 heteroatoms. The van der Waals surface area contributed by atoms with Crippen molar-refractivity contribution in [2.24, 2.45) is 5.73 Å². The Morgan fingerprint density at radius 2 is 2.00 bits per heavy atom. The second-order valence-electron chi connectivity index (χ2n) is 2.94. The van der Waals surface area contributed by atoms with Crippen molar-refractivity contribution in [3.8, 4) is 6.07 Å². The van der Waals surface area contributed by atoms with Crippen molar-refractivity contribution in [2.45, 2.75) is 6.92 Å². The van der Waals surface area contributed by atoms with Crippen LogP contribution in [0.5, 0.6) is 0 Å². The smallest absolute Gasteiger partial charge is 0.114 e. The number of nitriles is 1. The molecular formula is C11H10N2S. The molecule has 0 bridgehead atoms. The molecule has 0 saturated carbocycles. The van der Waals surface area contributed by atoms with Gasteiger partial charge in [-0.15, -0.1) is 0 Å². The molecule has 0 unspecified atom stereocenters. The summed E-state index contributed by atoms with van der Waals surface area (Å²) in [6.07, 6.45) is 1.68. The van der Waals surface area contributed by atoms with Crippen molar-refractivity contribution in [1.29, 1.82) is 5.26 Å². The third kappa shape index (κ3) is 2.68. The van der Waals surface area contributed by atoms with Crippen molar-refractivity contribution < 1.29 is 0 Å². The van der Waals surface area contributed by atoms with E-state index in [0.717, 1.165) is 5.56 Å². The van der Waals surface area contributed by atoms with E-state index in [1.165, 1.54) is 5.56 Å². The average Bonchev–Trinajstić information content (AvgIpc) is 2.16. The fraction of sp³-hybridized carbons (Fsp3) is 0.0909. The van der Waals surface area contributed by atoms with Gasteiger partial charge in [-0.3, -0.25) is 0 Å². The normalized spacial score (nSPS) is 10.7. The first-order chi connectivity index (χ1) is 6.63. The Kier molecular flexibility index (Phi) is 3.38. The zero-order valence-corrected chi connectivity index (χ0v) is 8.64. The quantitative estimate of drug-likeness (QED) is 0.454. The van der Waals surface area contributed by atoms with Gasteiger partial charge in [0, 0.05) is 0 Å². The van der Waals surface area contributed by atoms with E-state index in [1.807, 2.05) is 37.3 Å². The molecule has 0 spiro atoms. The lowest BCUT2D eigenvalue weighted by atomic mass is 10.1. The van der Waals surface area contributed by atoms with Gasteiger partial charge in [-0.05, 0) is 18.6 Å². The summed E-state index contributed by atoms with van der Waals surface area (Å²) in [4.78, 5) is 0.132. The second kappa shape index (κ2) is 4.54. The summed E-state index contributed by atoms with van der Waals surface area (Å²) in [5, 5.41) is 8.73. The van der Waals surface area contributed by atoms with Gasteiger partial charge in [0.15, 0.2) is 0 Å². The van der Waals surface area contributed by atoms with Crippen LogP contribution < -0.4 is 5.73 Å². The highest BCUT2D eigenvalue weighted by atomic mass is 32.1. The molecule has 1 rings (SSSR count). The minimum atomic E-state index is 0.132. The third-order valence-corrected chi connectivity index (χ3v) is 1.99. The van der Waals surface area contributed by atoms with Crippen LogP contribution in [0.1, 0.15) is 11.1 Å². The van der Waals surface area contributed by atoms with Gasteiger partial charge in [0.1, 0.15) is 11.1 Å². The van der Waals surface area contributed by atoms with E-state index in [0.29, 0.717) is 5.57 Å². The summed E-state index contributed by atoms with van der Waals surface area (Å²) >= 11 is 4.73. The van der Waals surface area contributed by atoms with E-state index in [9.17, 15) is 0 Å². The first-order valence-corrected chi connectivity index (χ1v) is 4.52. The maximum atomic E-state index is 8.73. The second-order valence-corrected chi connectivity index (χ2v) is 3.38. The number of hydrogen-bond donors (Lipinski definition) is 1. The molecular weight excluding hydrogens is 192 g/mol. The van der Waals surface area contributed by atoms with Gasteiger partial charge in [-0.2, -0.15) is 5.26 Å².